The summed E-state index contributed by atoms with van der Waals surface area (Å²) in [6.07, 6.45) is 4.71. The number of amides is 3. The molecule has 3 amide bonds. The lowest BCUT2D eigenvalue weighted by Gasteiger charge is -2.41. The number of likely N-dealkylation sites (N-methyl/N-ethyl adjacent to an activating group) is 1. The lowest BCUT2D eigenvalue weighted by atomic mass is 9.70. The van der Waals surface area contributed by atoms with Gasteiger partial charge >= 0.3 is 0 Å². The van der Waals surface area contributed by atoms with Crippen molar-refractivity contribution in [2.75, 3.05) is 31.6 Å². The topological polar surface area (TPSA) is 81.2 Å². The molecule has 2 bridgehead atoms. The smallest absolute Gasteiger partial charge is 0.251 e. The Morgan fingerprint density at radius 2 is 1.93 bits per heavy atom. The van der Waals surface area contributed by atoms with E-state index in [1.54, 1.807) is 45.7 Å². The van der Waals surface area contributed by atoms with Crippen LogP contribution in [0.5, 0.6) is 0 Å². The van der Waals surface area contributed by atoms with Crippen molar-refractivity contribution in [3.05, 3.63) is 54.6 Å². The van der Waals surface area contributed by atoms with Gasteiger partial charge in [0, 0.05) is 35.9 Å². The molecule has 3 heterocycles. The highest BCUT2D eigenvalue weighted by Crippen LogP contribution is 2.68. The molecule has 218 valence electrons. The van der Waals surface area contributed by atoms with Crippen LogP contribution in [0.1, 0.15) is 37.8 Å². The zero-order chi connectivity index (χ0) is 29.5. The van der Waals surface area contributed by atoms with Gasteiger partial charge in [0.1, 0.15) is 6.04 Å². The van der Waals surface area contributed by atoms with Crippen LogP contribution in [-0.2, 0) is 14.4 Å². The van der Waals surface area contributed by atoms with Gasteiger partial charge in [0.25, 0.3) is 5.91 Å². The van der Waals surface area contributed by atoms with Gasteiger partial charge in [-0.2, -0.15) is 0 Å². The lowest BCUT2D eigenvalue weighted by Crippen LogP contribution is -2.59. The predicted octanol–water partition coefficient (Wildman–Crippen LogP) is 4.34. The summed E-state index contributed by atoms with van der Waals surface area (Å²) in [5, 5.41) is 10.5. The number of likely N-dealkylation sites (tertiary alicyclic amines) is 1. The maximum absolute atomic E-state index is 14.9. The summed E-state index contributed by atoms with van der Waals surface area (Å²) >= 11 is 5.46. The molecule has 3 aliphatic rings. The first kappa shape index (κ1) is 30.8. The van der Waals surface area contributed by atoms with Crippen LogP contribution >= 0.6 is 27.7 Å². The summed E-state index contributed by atoms with van der Waals surface area (Å²) in [4.78, 5) is 48.3. The van der Waals surface area contributed by atoms with E-state index in [2.05, 4.69) is 29.1 Å². The van der Waals surface area contributed by atoms with Gasteiger partial charge in [-0.15, -0.1) is 24.9 Å². The van der Waals surface area contributed by atoms with Crippen LogP contribution in [0.2, 0.25) is 0 Å². The van der Waals surface area contributed by atoms with E-state index in [1.807, 2.05) is 45.9 Å². The van der Waals surface area contributed by atoms with E-state index in [-0.39, 0.29) is 46.9 Å². The normalized spacial score (nSPS) is 30.1. The van der Waals surface area contributed by atoms with E-state index in [0.717, 1.165) is 23.2 Å². The standard InChI is InChI=1S/C31H42BrN3O4S/c1-8-13-33(7)28(37)24-25-29(38)35(23(17-36)19(5)10-3)27(31(25)16-21(32)26(24)40-31)30(39)34(14-9-2)22-15-18(4)11-12-20(22)6/h8-9,11-12,15,19,21,23-27,36H,1-2,10,13-14,16-17H2,3-7H3/t19-,21?,23-,24-,25-,26-,27?,31?/m0/s1. The summed E-state index contributed by atoms with van der Waals surface area (Å²) in [5.41, 5.74) is 2.76. The fourth-order valence-corrected chi connectivity index (χ4v) is 10.5. The third-order valence-electron chi connectivity index (χ3n) is 9.10. The van der Waals surface area contributed by atoms with Crippen molar-refractivity contribution in [1.82, 2.24) is 9.80 Å². The second-order valence-electron chi connectivity index (χ2n) is 11.6. The highest BCUT2D eigenvalue weighted by atomic mass is 79.9. The molecule has 1 aromatic carbocycles. The number of alkyl halides is 1. The van der Waals surface area contributed by atoms with Crippen molar-refractivity contribution in [1.29, 1.82) is 0 Å². The Kier molecular flexibility index (Phi) is 9.27. The minimum Gasteiger partial charge on any atom is -0.394 e. The van der Waals surface area contributed by atoms with Gasteiger partial charge in [-0.1, -0.05) is 60.5 Å². The molecule has 3 saturated heterocycles. The molecule has 3 fully saturated rings. The van der Waals surface area contributed by atoms with E-state index in [4.69, 9.17) is 0 Å². The van der Waals surface area contributed by atoms with Crippen LogP contribution in [0.15, 0.2) is 43.5 Å². The molecule has 4 rings (SSSR count). The number of anilines is 1. The number of aliphatic hydroxyl groups excluding tert-OH is 1. The number of hydrogen-bond acceptors (Lipinski definition) is 5. The van der Waals surface area contributed by atoms with Crippen molar-refractivity contribution in [3.8, 4) is 0 Å². The Hall–Kier alpha value is -2.10. The van der Waals surface area contributed by atoms with Crippen LogP contribution in [0, 0.1) is 31.6 Å². The molecule has 0 aliphatic carbocycles. The second-order valence-corrected chi connectivity index (χ2v) is 14.3. The molecule has 7 nitrogen and oxygen atoms in total. The summed E-state index contributed by atoms with van der Waals surface area (Å²) in [7, 11) is 1.73. The average Bonchev–Trinajstić information content (AvgIpc) is 3.52. The highest BCUT2D eigenvalue weighted by Gasteiger charge is 2.76. The monoisotopic (exact) mass is 631 g/mol. The predicted molar refractivity (Wildman–Crippen MR) is 166 cm³/mol. The number of nitrogens with zero attached hydrogens (tertiary/aromatic N) is 3. The molecule has 3 unspecified atom stereocenters. The van der Waals surface area contributed by atoms with E-state index >= 15 is 0 Å². The molecule has 1 spiro atoms. The summed E-state index contributed by atoms with van der Waals surface area (Å²) < 4.78 is -0.791. The molecule has 0 saturated carbocycles. The van der Waals surface area contributed by atoms with Crippen molar-refractivity contribution < 1.29 is 19.5 Å². The van der Waals surface area contributed by atoms with E-state index < -0.39 is 28.7 Å². The Morgan fingerprint density at radius 3 is 2.52 bits per heavy atom. The highest BCUT2D eigenvalue weighted by molar-refractivity contribution is 9.09. The molecule has 1 N–H and O–H groups in total. The van der Waals surface area contributed by atoms with E-state index in [1.165, 1.54) is 0 Å². The van der Waals surface area contributed by atoms with Crippen LogP contribution in [0.25, 0.3) is 0 Å². The first-order chi connectivity index (χ1) is 19.0. The number of hydrogen-bond donors (Lipinski definition) is 1. The Bertz CT molecular complexity index is 1190. The number of carbonyl (C=O) groups is 3. The molecule has 40 heavy (non-hydrogen) atoms. The fraction of sp³-hybridized carbons (Fsp3) is 0.581. The fourth-order valence-electron chi connectivity index (χ4n) is 6.93. The molecule has 8 atom stereocenters. The average molecular weight is 633 g/mol. The molecule has 9 heteroatoms. The molecular formula is C31H42BrN3O4S. The van der Waals surface area contributed by atoms with Gasteiger partial charge in [-0.05, 0) is 43.4 Å². The van der Waals surface area contributed by atoms with Crippen LogP contribution < -0.4 is 4.90 Å². The molecule has 0 aromatic heterocycles. The second kappa shape index (κ2) is 12.0. The lowest BCUT2D eigenvalue weighted by molar-refractivity contribution is -0.145. The minimum absolute atomic E-state index is 0.0207. The Labute approximate surface area is 251 Å². The number of thioether (sulfide) groups is 1. The van der Waals surface area contributed by atoms with Crippen molar-refractivity contribution in [2.24, 2.45) is 17.8 Å². The van der Waals surface area contributed by atoms with Gasteiger partial charge in [0.2, 0.25) is 11.8 Å². The third-order valence-corrected chi connectivity index (χ3v) is 12.3. The van der Waals surface area contributed by atoms with Gasteiger partial charge in [0.05, 0.1) is 29.2 Å². The largest absolute Gasteiger partial charge is 0.394 e. The van der Waals surface area contributed by atoms with Crippen molar-refractivity contribution >= 4 is 51.1 Å². The molecule has 0 radical (unpaired) electrons. The number of benzene rings is 1. The number of fused-ring (bicyclic) bond motifs is 1. The summed E-state index contributed by atoms with van der Waals surface area (Å²) in [5.74, 6) is -1.73. The SMILES string of the molecule is C=CCN(C)C(=O)[C@H]1[C@H]2C(=O)N([C@@H](CO)[C@@H](C)CC)C(C(=O)N(CC=C)c3cc(C)ccc3C)C23CC(Br)[C@@H]1S3. The Balaban J connectivity index is 1.89. The van der Waals surface area contributed by atoms with E-state index in [9.17, 15) is 19.5 Å². The van der Waals surface area contributed by atoms with E-state index in [0.29, 0.717) is 13.0 Å². The van der Waals surface area contributed by atoms with Gasteiger partial charge in [-0.25, -0.2) is 0 Å². The quantitative estimate of drug-likeness (QED) is 0.290. The van der Waals surface area contributed by atoms with Crippen LogP contribution in [0.4, 0.5) is 5.69 Å². The zero-order valence-corrected chi connectivity index (χ0v) is 26.6. The minimum atomic E-state index is -0.825. The number of aryl methyl sites for hydroxylation is 2. The Morgan fingerprint density at radius 1 is 1.25 bits per heavy atom. The number of rotatable bonds is 11. The molecule has 1 aromatic rings. The van der Waals surface area contributed by atoms with Crippen LogP contribution in [0.3, 0.4) is 0 Å². The number of halogens is 1. The summed E-state index contributed by atoms with van der Waals surface area (Å²) in [6.45, 7) is 16.1. The van der Waals surface area contributed by atoms with Gasteiger partial charge < -0.3 is 19.8 Å². The zero-order valence-electron chi connectivity index (χ0n) is 24.2. The maximum Gasteiger partial charge on any atom is 0.251 e. The van der Waals surface area contributed by atoms with Crippen molar-refractivity contribution in [2.45, 2.75) is 67.4 Å². The van der Waals surface area contributed by atoms with Crippen LogP contribution in [-0.4, -0.2) is 86.3 Å². The molecule has 3 aliphatic heterocycles. The first-order valence-electron chi connectivity index (χ1n) is 14.1. The number of aliphatic hydroxyl groups is 1. The van der Waals surface area contributed by atoms with Crippen molar-refractivity contribution in [3.63, 3.8) is 0 Å². The maximum atomic E-state index is 14.9. The van der Waals surface area contributed by atoms with Gasteiger partial charge in [0.15, 0.2) is 0 Å². The first-order valence-corrected chi connectivity index (χ1v) is 15.9. The third kappa shape index (κ3) is 4.86. The molecular weight excluding hydrogens is 590 g/mol. The van der Waals surface area contributed by atoms with Gasteiger partial charge in [-0.3, -0.25) is 14.4 Å². The summed E-state index contributed by atoms with van der Waals surface area (Å²) in [6, 6.07) is 4.64. The number of carbonyl (C=O) groups excluding carboxylic acids is 3.